The largest absolute Gasteiger partial charge is 0.350 e. The summed E-state index contributed by atoms with van der Waals surface area (Å²) in [7, 11) is 0. The number of hydrogen-bond donors (Lipinski definition) is 1. The van der Waals surface area contributed by atoms with Gasteiger partial charge in [-0.05, 0) is 47.7 Å². The molecule has 2 amide bonds. The minimum atomic E-state index is -1.13. The van der Waals surface area contributed by atoms with Gasteiger partial charge in [-0.3, -0.25) is 14.3 Å². The molecular formula is C26H23ClN4O2S. The minimum absolute atomic E-state index is 0.225. The molecule has 1 N–H and O–H groups in total. The maximum Gasteiger partial charge on any atom is 0.273 e. The number of fused-ring (bicyclic) bond motifs is 1. The number of carbonyl (C=O) groups excluding carboxylic acids is 2. The number of nitrogens with zero attached hydrogens (tertiary/aromatic N) is 3. The van der Waals surface area contributed by atoms with E-state index < -0.39 is 5.54 Å². The third-order valence-corrected chi connectivity index (χ3v) is 7.25. The summed E-state index contributed by atoms with van der Waals surface area (Å²) in [5.74, 6) is -0.452. The summed E-state index contributed by atoms with van der Waals surface area (Å²) in [4.78, 5) is 29.9. The molecular weight excluding hydrogens is 468 g/mol. The van der Waals surface area contributed by atoms with E-state index in [0.29, 0.717) is 17.3 Å². The van der Waals surface area contributed by atoms with Gasteiger partial charge in [0.15, 0.2) is 0 Å². The lowest BCUT2D eigenvalue weighted by Crippen LogP contribution is -2.63. The van der Waals surface area contributed by atoms with Crippen molar-refractivity contribution < 1.29 is 9.59 Å². The number of nitrogens with one attached hydrogen (secondary N) is 1. The summed E-state index contributed by atoms with van der Waals surface area (Å²) in [5.41, 5.74) is 1.97. The van der Waals surface area contributed by atoms with Crippen LogP contribution in [0.4, 0.5) is 0 Å². The van der Waals surface area contributed by atoms with Crippen LogP contribution in [0.1, 0.15) is 28.5 Å². The molecule has 0 fully saturated rings. The van der Waals surface area contributed by atoms with Crippen LogP contribution in [0.3, 0.4) is 0 Å². The normalized spacial score (nSPS) is 17.5. The highest BCUT2D eigenvalue weighted by molar-refractivity contribution is 7.13. The number of hydrogen-bond acceptors (Lipinski definition) is 4. The van der Waals surface area contributed by atoms with Gasteiger partial charge in [-0.2, -0.15) is 5.10 Å². The first-order chi connectivity index (χ1) is 16.4. The zero-order valence-electron chi connectivity index (χ0n) is 18.6. The van der Waals surface area contributed by atoms with Crippen LogP contribution in [0.2, 0.25) is 5.02 Å². The predicted octanol–water partition coefficient (Wildman–Crippen LogP) is 5.00. The quantitative estimate of drug-likeness (QED) is 0.413. The highest BCUT2D eigenvalue weighted by Crippen LogP contribution is 2.32. The van der Waals surface area contributed by atoms with E-state index in [1.165, 1.54) is 0 Å². The lowest BCUT2D eigenvalue weighted by Gasteiger charge is -2.43. The molecule has 3 heterocycles. The third-order valence-electron chi connectivity index (χ3n) is 6.11. The molecule has 0 aliphatic carbocycles. The summed E-state index contributed by atoms with van der Waals surface area (Å²) in [6.07, 6.45) is 0. The van der Waals surface area contributed by atoms with Crippen LogP contribution < -0.4 is 5.32 Å². The van der Waals surface area contributed by atoms with Crippen molar-refractivity contribution in [3.8, 4) is 10.6 Å². The number of benzene rings is 2. The van der Waals surface area contributed by atoms with Crippen molar-refractivity contribution in [3.63, 3.8) is 0 Å². The average Bonchev–Trinajstić information content (AvgIpc) is 3.52. The Morgan fingerprint density at radius 3 is 2.56 bits per heavy atom. The van der Waals surface area contributed by atoms with Gasteiger partial charge in [-0.25, -0.2) is 0 Å². The molecule has 5 rings (SSSR count). The van der Waals surface area contributed by atoms with Crippen LogP contribution >= 0.6 is 22.9 Å². The zero-order chi connectivity index (χ0) is 23.7. The SMILES string of the molecule is CC1(C(=O)NCc2ccccc2)Cn2nc(-c3cccs3)cc2C(=O)N1Cc1ccc(Cl)cc1. The molecule has 0 saturated heterocycles. The second kappa shape index (κ2) is 9.08. The van der Waals surface area contributed by atoms with Gasteiger partial charge in [0.2, 0.25) is 5.91 Å². The number of aromatic nitrogens is 2. The molecule has 0 bridgehead atoms. The molecule has 1 aliphatic heterocycles. The van der Waals surface area contributed by atoms with E-state index in [1.807, 2.05) is 66.0 Å². The van der Waals surface area contributed by atoms with Crippen LogP contribution in [-0.2, 0) is 24.4 Å². The zero-order valence-corrected chi connectivity index (χ0v) is 20.1. The lowest BCUT2D eigenvalue weighted by atomic mass is 9.94. The highest BCUT2D eigenvalue weighted by Gasteiger charge is 2.48. The van der Waals surface area contributed by atoms with Crippen molar-refractivity contribution in [2.24, 2.45) is 0 Å². The number of rotatable bonds is 6. The van der Waals surface area contributed by atoms with Crippen molar-refractivity contribution in [1.29, 1.82) is 0 Å². The average molecular weight is 491 g/mol. The van der Waals surface area contributed by atoms with Crippen molar-refractivity contribution in [2.45, 2.75) is 32.1 Å². The number of thiophene rings is 1. The van der Waals surface area contributed by atoms with Crippen molar-refractivity contribution in [2.75, 3.05) is 0 Å². The molecule has 2 aromatic carbocycles. The number of amides is 2. The molecule has 1 aliphatic rings. The summed E-state index contributed by atoms with van der Waals surface area (Å²) in [6, 6.07) is 22.8. The summed E-state index contributed by atoms with van der Waals surface area (Å²) in [6.45, 7) is 2.72. The Balaban J connectivity index is 1.49. The van der Waals surface area contributed by atoms with Gasteiger partial charge < -0.3 is 10.2 Å². The van der Waals surface area contributed by atoms with Gasteiger partial charge in [0.1, 0.15) is 16.9 Å². The maximum atomic E-state index is 13.7. The lowest BCUT2D eigenvalue weighted by molar-refractivity contribution is -0.133. The van der Waals surface area contributed by atoms with Crippen molar-refractivity contribution in [3.05, 3.63) is 100 Å². The molecule has 4 aromatic rings. The van der Waals surface area contributed by atoms with Crippen LogP contribution in [0.25, 0.3) is 10.6 Å². The Morgan fingerprint density at radius 2 is 1.85 bits per heavy atom. The smallest absolute Gasteiger partial charge is 0.273 e. The van der Waals surface area contributed by atoms with Gasteiger partial charge in [-0.15, -0.1) is 11.3 Å². The molecule has 34 heavy (non-hydrogen) atoms. The Kier molecular flexibility index (Phi) is 5.98. The topological polar surface area (TPSA) is 67.2 Å². The fourth-order valence-corrected chi connectivity index (χ4v) is 4.98. The van der Waals surface area contributed by atoms with E-state index in [4.69, 9.17) is 11.6 Å². The number of halogens is 1. The first kappa shape index (κ1) is 22.4. The van der Waals surface area contributed by atoms with Crippen molar-refractivity contribution in [1.82, 2.24) is 20.0 Å². The van der Waals surface area contributed by atoms with Crippen LogP contribution in [0.15, 0.2) is 78.2 Å². The maximum absolute atomic E-state index is 13.7. The standard InChI is InChI=1S/C26H23ClN4O2S/c1-26(25(33)28-15-18-6-3-2-4-7-18)17-31-22(14-21(29-31)23-8-5-13-34-23)24(32)30(26)16-19-9-11-20(27)12-10-19/h2-14H,15-17H2,1H3,(H,28,33). The first-order valence-electron chi connectivity index (χ1n) is 10.9. The number of carbonyl (C=O) groups is 2. The molecule has 8 heteroatoms. The van der Waals surface area contributed by atoms with Gasteiger partial charge >= 0.3 is 0 Å². The van der Waals surface area contributed by atoms with E-state index in [-0.39, 0.29) is 24.9 Å². The summed E-state index contributed by atoms with van der Waals surface area (Å²) >= 11 is 7.62. The second-order valence-corrected chi connectivity index (χ2v) is 9.89. The van der Waals surface area contributed by atoms with E-state index in [0.717, 1.165) is 21.7 Å². The van der Waals surface area contributed by atoms with Crippen LogP contribution in [0, 0.1) is 0 Å². The fraction of sp³-hybridized carbons (Fsp3) is 0.192. The Labute approximate surface area is 206 Å². The molecule has 0 radical (unpaired) electrons. The first-order valence-corrected chi connectivity index (χ1v) is 12.2. The monoisotopic (exact) mass is 490 g/mol. The highest BCUT2D eigenvalue weighted by atomic mass is 35.5. The minimum Gasteiger partial charge on any atom is -0.350 e. The molecule has 1 atom stereocenters. The second-order valence-electron chi connectivity index (χ2n) is 8.51. The molecule has 2 aromatic heterocycles. The Bertz CT molecular complexity index is 1320. The summed E-state index contributed by atoms with van der Waals surface area (Å²) in [5, 5.41) is 10.3. The Morgan fingerprint density at radius 1 is 1.09 bits per heavy atom. The molecule has 6 nitrogen and oxygen atoms in total. The molecule has 1 unspecified atom stereocenters. The van der Waals surface area contributed by atoms with Crippen LogP contribution in [0.5, 0.6) is 0 Å². The van der Waals surface area contributed by atoms with Gasteiger partial charge in [0.25, 0.3) is 5.91 Å². The van der Waals surface area contributed by atoms with Gasteiger partial charge in [-0.1, -0.05) is 60.1 Å². The molecule has 172 valence electrons. The molecule has 0 saturated carbocycles. The fourth-order valence-electron chi connectivity index (χ4n) is 4.18. The summed E-state index contributed by atoms with van der Waals surface area (Å²) < 4.78 is 1.66. The molecule has 0 spiro atoms. The third kappa shape index (κ3) is 4.24. The predicted molar refractivity (Wildman–Crippen MR) is 134 cm³/mol. The van der Waals surface area contributed by atoms with E-state index in [9.17, 15) is 9.59 Å². The van der Waals surface area contributed by atoms with Crippen LogP contribution in [-0.4, -0.2) is 32.0 Å². The van der Waals surface area contributed by atoms with Gasteiger partial charge in [0, 0.05) is 18.1 Å². The van der Waals surface area contributed by atoms with E-state index >= 15 is 0 Å². The van der Waals surface area contributed by atoms with E-state index in [2.05, 4.69) is 10.4 Å². The Hall–Kier alpha value is -3.42. The van der Waals surface area contributed by atoms with E-state index in [1.54, 1.807) is 40.0 Å². The van der Waals surface area contributed by atoms with Crippen molar-refractivity contribution >= 4 is 34.8 Å². The van der Waals surface area contributed by atoms with Gasteiger partial charge in [0.05, 0.1) is 11.4 Å².